The van der Waals surface area contributed by atoms with Crippen molar-refractivity contribution in [3.63, 3.8) is 0 Å². The monoisotopic (exact) mass is 293 g/mol. The Morgan fingerprint density at radius 2 is 2.00 bits per heavy atom. The van der Waals surface area contributed by atoms with Crippen LogP contribution in [0.1, 0.15) is 19.4 Å². The zero-order valence-electron chi connectivity index (χ0n) is 11.3. The molecule has 1 rings (SSSR count). The molecule has 0 bridgehead atoms. The molecule has 1 heterocycles. The molecule has 0 fully saturated rings. The van der Waals surface area contributed by atoms with Crippen molar-refractivity contribution in [1.29, 1.82) is 0 Å². The molecule has 8 heteroatoms. The number of rotatable bonds is 7. The van der Waals surface area contributed by atoms with E-state index in [2.05, 4.69) is 10.4 Å². The van der Waals surface area contributed by atoms with Gasteiger partial charge in [0.2, 0.25) is 5.88 Å². The van der Waals surface area contributed by atoms with E-state index in [1.165, 1.54) is 0 Å². The normalized spacial score (nSPS) is 11.8. The van der Waals surface area contributed by atoms with Gasteiger partial charge in [0.15, 0.2) is 0 Å². The highest BCUT2D eigenvalue weighted by molar-refractivity contribution is 5.41. The Bertz CT molecular complexity index is 425. The van der Waals surface area contributed by atoms with E-state index in [4.69, 9.17) is 15.3 Å². The Morgan fingerprint density at radius 3 is 2.55 bits per heavy atom. The van der Waals surface area contributed by atoms with Crippen molar-refractivity contribution in [2.45, 2.75) is 20.0 Å². The summed E-state index contributed by atoms with van der Waals surface area (Å²) in [5.41, 5.74) is 1.20. The molecular formula is C12H18F3N3O2. The van der Waals surface area contributed by atoms with Crippen LogP contribution in [0.4, 0.5) is 19.0 Å². The molecule has 0 saturated heterocycles. The number of alkyl halides is 3. The zero-order valence-corrected chi connectivity index (χ0v) is 11.3. The quantitative estimate of drug-likeness (QED) is 0.459. The topological polar surface area (TPSA) is 69.4 Å². The van der Waals surface area contributed by atoms with E-state index >= 15 is 0 Å². The van der Waals surface area contributed by atoms with Crippen LogP contribution in [0.25, 0.3) is 0 Å². The summed E-state index contributed by atoms with van der Waals surface area (Å²) in [5.74, 6) is 5.20. The lowest BCUT2D eigenvalue weighted by molar-refractivity contribution is -0.137. The summed E-state index contributed by atoms with van der Waals surface area (Å²) < 4.78 is 48.3. The minimum absolute atomic E-state index is 0.113. The Labute approximate surface area is 115 Å². The first-order valence-corrected chi connectivity index (χ1v) is 6.09. The van der Waals surface area contributed by atoms with Crippen LogP contribution in [0.3, 0.4) is 0 Å². The van der Waals surface area contributed by atoms with E-state index < -0.39 is 11.7 Å². The number of halogens is 3. The van der Waals surface area contributed by atoms with Crippen molar-refractivity contribution in [2.24, 2.45) is 11.8 Å². The second-order valence-electron chi connectivity index (χ2n) is 4.54. The summed E-state index contributed by atoms with van der Waals surface area (Å²) in [6.45, 7) is 4.95. The molecular weight excluding hydrogens is 275 g/mol. The maximum absolute atomic E-state index is 12.6. The van der Waals surface area contributed by atoms with Crippen molar-refractivity contribution in [3.05, 3.63) is 17.7 Å². The Balaban J connectivity index is 2.61. The van der Waals surface area contributed by atoms with Crippen LogP contribution in [-0.2, 0) is 10.9 Å². The summed E-state index contributed by atoms with van der Waals surface area (Å²) in [6.07, 6.45) is -4.49. The molecule has 0 atom stereocenters. The number of nitrogens with zero attached hydrogens (tertiary/aromatic N) is 1. The van der Waals surface area contributed by atoms with E-state index in [0.717, 1.165) is 12.1 Å². The van der Waals surface area contributed by atoms with Crippen LogP contribution < -0.4 is 16.0 Å². The van der Waals surface area contributed by atoms with E-state index in [-0.39, 0.29) is 24.9 Å². The van der Waals surface area contributed by atoms with Crippen LogP contribution in [0.2, 0.25) is 0 Å². The summed E-state index contributed by atoms with van der Waals surface area (Å²) in [6, 6.07) is 1.63. The first-order chi connectivity index (χ1) is 9.32. The lowest BCUT2D eigenvalue weighted by atomic mass is 10.2. The van der Waals surface area contributed by atoms with E-state index in [0.29, 0.717) is 12.5 Å². The number of hydrazine groups is 1. The molecule has 5 nitrogen and oxygen atoms in total. The maximum Gasteiger partial charge on any atom is 0.416 e. The summed E-state index contributed by atoms with van der Waals surface area (Å²) >= 11 is 0. The number of hydrogen-bond acceptors (Lipinski definition) is 5. The van der Waals surface area contributed by atoms with Gasteiger partial charge in [0.05, 0.1) is 12.2 Å². The van der Waals surface area contributed by atoms with Gasteiger partial charge in [-0.3, -0.25) is 0 Å². The molecule has 0 unspecified atom stereocenters. The Kier molecular flexibility index (Phi) is 6.03. The molecule has 0 radical (unpaired) electrons. The fourth-order valence-corrected chi connectivity index (χ4v) is 1.34. The van der Waals surface area contributed by atoms with Crippen molar-refractivity contribution in [3.8, 4) is 5.88 Å². The molecule has 3 N–H and O–H groups in total. The number of nitrogen functional groups attached to an aromatic ring is 1. The molecule has 20 heavy (non-hydrogen) atoms. The SMILES string of the molecule is CC(C)COCCOc1cc(C(F)(F)F)cc(NN)n1. The second kappa shape index (κ2) is 7.30. The number of hydrogen-bond donors (Lipinski definition) is 2. The standard InChI is InChI=1S/C12H18F3N3O2/c1-8(2)7-19-3-4-20-11-6-9(12(13,14)15)5-10(17-11)18-16/h5-6,8H,3-4,7,16H2,1-2H3,(H,17,18). The summed E-state index contributed by atoms with van der Waals surface area (Å²) in [7, 11) is 0. The molecule has 0 saturated carbocycles. The Hall–Kier alpha value is -1.54. The maximum atomic E-state index is 12.6. The predicted molar refractivity (Wildman–Crippen MR) is 68.2 cm³/mol. The van der Waals surface area contributed by atoms with Crippen LogP contribution in [0.5, 0.6) is 5.88 Å². The van der Waals surface area contributed by atoms with Gasteiger partial charge in [0, 0.05) is 12.7 Å². The van der Waals surface area contributed by atoms with Crippen molar-refractivity contribution in [2.75, 3.05) is 25.2 Å². The Morgan fingerprint density at radius 1 is 1.30 bits per heavy atom. The van der Waals surface area contributed by atoms with Gasteiger partial charge in [0.25, 0.3) is 0 Å². The molecule has 0 spiro atoms. The smallest absolute Gasteiger partial charge is 0.416 e. The van der Waals surface area contributed by atoms with E-state index in [1.807, 2.05) is 13.8 Å². The number of anilines is 1. The largest absolute Gasteiger partial charge is 0.475 e. The first-order valence-electron chi connectivity index (χ1n) is 6.09. The lowest BCUT2D eigenvalue weighted by Gasteiger charge is -2.12. The zero-order chi connectivity index (χ0) is 15.2. The molecule has 0 amide bonds. The highest BCUT2D eigenvalue weighted by Gasteiger charge is 2.31. The number of nitrogens with two attached hydrogens (primary N) is 1. The van der Waals surface area contributed by atoms with E-state index in [1.54, 1.807) is 0 Å². The molecule has 0 aliphatic carbocycles. The fourth-order valence-electron chi connectivity index (χ4n) is 1.34. The highest BCUT2D eigenvalue weighted by atomic mass is 19.4. The van der Waals surface area contributed by atoms with Crippen molar-refractivity contribution >= 4 is 5.82 Å². The van der Waals surface area contributed by atoms with Crippen LogP contribution in [-0.4, -0.2) is 24.8 Å². The highest BCUT2D eigenvalue weighted by Crippen LogP contribution is 2.32. The molecule has 1 aromatic heterocycles. The summed E-state index contributed by atoms with van der Waals surface area (Å²) in [5, 5.41) is 0. The van der Waals surface area contributed by atoms with Gasteiger partial charge in [-0.2, -0.15) is 18.2 Å². The fraction of sp³-hybridized carbons (Fsp3) is 0.583. The number of aromatic nitrogens is 1. The molecule has 114 valence electrons. The average Bonchev–Trinajstić information content (AvgIpc) is 2.36. The second-order valence-corrected chi connectivity index (χ2v) is 4.54. The molecule has 1 aromatic rings. The minimum atomic E-state index is -4.49. The third-order valence-electron chi connectivity index (χ3n) is 2.21. The number of nitrogens with one attached hydrogen (secondary N) is 1. The summed E-state index contributed by atoms with van der Waals surface area (Å²) in [4.78, 5) is 3.78. The third-order valence-corrected chi connectivity index (χ3v) is 2.21. The van der Waals surface area contributed by atoms with Crippen molar-refractivity contribution < 1.29 is 22.6 Å². The van der Waals surface area contributed by atoms with Gasteiger partial charge >= 0.3 is 6.18 Å². The number of ether oxygens (including phenoxy) is 2. The van der Waals surface area contributed by atoms with Crippen molar-refractivity contribution in [1.82, 2.24) is 4.98 Å². The molecule has 0 aromatic carbocycles. The van der Waals surface area contributed by atoms with E-state index in [9.17, 15) is 13.2 Å². The van der Waals surface area contributed by atoms with Crippen LogP contribution in [0.15, 0.2) is 12.1 Å². The van der Waals surface area contributed by atoms with Gasteiger partial charge in [0.1, 0.15) is 12.4 Å². The predicted octanol–water partition coefficient (Wildman–Crippen LogP) is 2.44. The third kappa shape index (κ3) is 5.62. The molecule has 0 aliphatic heterocycles. The van der Waals surface area contributed by atoms with Gasteiger partial charge in [-0.15, -0.1) is 0 Å². The van der Waals surface area contributed by atoms with Gasteiger partial charge in [-0.25, -0.2) is 5.84 Å². The molecule has 0 aliphatic rings. The van der Waals surface area contributed by atoms with Gasteiger partial charge in [-0.05, 0) is 12.0 Å². The van der Waals surface area contributed by atoms with Crippen LogP contribution >= 0.6 is 0 Å². The van der Waals surface area contributed by atoms with Gasteiger partial charge in [-0.1, -0.05) is 13.8 Å². The number of pyridine rings is 1. The lowest BCUT2D eigenvalue weighted by Crippen LogP contribution is -2.14. The van der Waals surface area contributed by atoms with Gasteiger partial charge < -0.3 is 14.9 Å². The average molecular weight is 293 g/mol. The first kappa shape index (κ1) is 16.5. The van der Waals surface area contributed by atoms with Crippen LogP contribution in [0, 0.1) is 5.92 Å². The minimum Gasteiger partial charge on any atom is -0.475 e.